The van der Waals surface area contributed by atoms with E-state index >= 15 is 0 Å². The van der Waals surface area contributed by atoms with Crippen molar-refractivity contribution in [1.29, 1.82) is 0 Å². The van der Waals surface area contributed by atoms with Crippen molar-refractivity contribution in [3.63, 3.8) is 0 Å². The summed E-state index contributed by atoms with van der Waals surface area (Å²) in [5.41, 5.74) is -9.45. The molecule has 13 nitrogen and oxygen atoms in total. The van der Waals surface area contributed by atoms with E-state index in [0.29, 0.717) is 18.7 Å². The van der Waals surface area contributed by atoms with Crippen LogP contribution in [0.1, 0.15) is 59.0 Å². The number of amides is 2. The molecule has 0 aromatic carbocycles. The van der Waals surface area contributed by atoms with Crippen LogP contribution in [0, 0.1) is 5.92 Å². The highest BCUT2D eigenvalue weighted by Crippen LogP contribution is 2.38. The molecule has 0 aromatic heterocycles. The maximum absolute atomic E-state index is 14.9. The molecule has 0 spiro atoms. The van der Waals surface area contributed by atoms with Crippen LogP contribution < -0.4 is 5.32 Å². The third-order valence-electron chi connectivity index (χ3n) is 6.70. The second-order valence-corrected chi connectivity index (χ2v) is 9.36. The summed E-state index contributed by atoms with van der Waals surface area (Å²) in [7, 11) is -2.93. The zero-order chi connectivity index (χ0) is 32.0. The summed E-state index contributed by atoms with van der Waals surface area (Å²) in [5, 5.41) is 42.8. The summed E-state index contributed by atoms with van der Waals surface area (Å²) >= 11 is 0. The first-order valence-electron chi connectivity index (χ1n) is 13.6. The van der Waals surface area contributed by atoms with Crippen molar-refractivity contribution in [2.75, 3.05) is 21.1 Å². The standard InChI is InChI=1S/C24H41N3O10/c1-11-12(2)24(16(30)13(3)25-8,27(10)18(32)15(5)29)20(34)22(6,26(9)17(31)14(4)28)19(33)23(7,37)21(35)36/h12-15,25,28-29,37H,11H2,1-10H3,(H,35,36)/t12-,13-,14-,15-,22-,23+,24+/m0/s1/i8D,9D,10D. The van der Waals surface area contributed by atoms with E-state index in [4.69, 9.17) is 4.11 Å². The first-order chi connectivity index (χ1) is 18.2. The number of ketones is 3. The minimum absolute atomic E-state index is 0.0838. The van der Waals surface area contributed by atoms with Crippen LogP contribution in [0.5, 0.6) is 0 Å². The highest BCUT2D eigenvalue weighted by Gasteiger charge is 2.66. The first-order valence-corrected chi connectivity index (χ1v) is 11.4. The summed E-state index contributed by atoms with van der Waals surface area (Å²) in [6, 6.07) is -1.40. The van der Waals surface area contributed by atoms with Crippen molar-refractivity contribution in [1.82, 2.24) is 15.1 Å². The van der Waals surface area contributed by atoms with Gasteiger partial charge in [-0.2, -0.15) is 0 Å². The van der Waals surface area contributed by atoms with Crippen LogP contribution in [0.4, 0.5) is 0 Å². The van der Waals surface area contributed by atoms with Crippen LogP contribution in [0.25, 0.3) is 0 Å². The molecule has 0 aliphatic carbocycles. The molecule has 2 amide bonds. The normalized spacial score (nSPS) is 20.6. The molecule has 212 valence electrons. The average molecular weight is 535 g/mol. The van der Waals surface area contributed by atoms with Crippen molar-refractivity contribution in [2.45, 2.75) is 89.8 Å². The molecule has 37 heavy (non-hydrogen) atoms. The predicted octanol–water partition coefficient (Wildman–Crippen LogP) is -1.64. The molecule has 0 rings (SSSR count). The van der Waals surface area contributed by atoms with Gasteiger partial charge in [0.2, 0.25) is 11.4 Å². The number of likely N-dealkylation sites (N-methyl/N-ethyl adjacent to an activating group) is 3. The first kappa shape index (κ1) is 28.8. The number of nitrogens with zero attached hydrogens (tertiary/aromatic N) is 2. The van der Waals surface area contributed by atoms with Gasteiger partial charge in [0.15, 0.2) is 22.6 Å². The van der Waals surface area contributed by atoms with Crippen LogP contribution in [-0.4, -0.2) is 121 Å². The third-order valence-corrected chi connectivity index (χ3v) is 6.70. The number of hydrogen-bond donors (Lipinski definition) is 5. The molecular weight excluding hydrogens is 490 g/mol. The van der Waals surface area contributed by atoms with Gasteiger partial charge in [-0.3, -0.25) is 24.0 Å². The molecule has 5 N–H and O–H groups in total. The Morgan fingerprint density at radius 2 is 1.35 bits per heavy atom. The summed E-state index contributed by atoms with van der Waals surface area (Å²) in [6.07, 6.45) is -3.90. The Balaban J connectivity index is 8.30. The fourth-order valence-electron chi connectivity index (χ4n) is 3.95. The molecule has 0 saturated carbocycles. The average Bonchev–Trinajstić information content (AvgIpc) is 2.89. The van der Waals surface area contributed by atoms with E-state index in [-0.39, 0.29) is 11.3 Å². The van der Waals surface area contributed by atoms with Crippen molar-refractivity contribution in [3.05, 3.63) is 0 Å². The zero-order valence-electron chi connectivity index (χ0n) is 25.3. The van der Waals surface area contributed by atoms with Crippen LogP contribution in [0.2, 0.25) is 0 Å². The number of carbonyl (C=O) groups is 6. The molecule has 0 bridgehead atoms. The molecule has 0 saturated heterocycles. The summed E-state index contributed by atoms with van der Waals surface area (Å²) in [5.74, 6) is -10.8. The van der Waals surface area contributed by atoms with Gasteiger partial charge in [0.05, 0.1) is 6.04 Å². The molecule has 0 radical (unpaired) electrons. The number of aliphatic hydroxyl groups is 3. The lowest BCUT2D eigenvalue weighted by molar-refractivity contribution is -0.178. The second-order valence-electron chi connectivity index (χ2n) is 9.36. The number of rotatable bonds is 14. The Hall–Kier alpha value is -2.74. The smallest absolute Gasteiger partial charge is 0.343 e. The van der Waals surface area contributed by atoms with Crippen LogP contribution in [0.15, 0.2) is 0 Å². The van der Waals surface area contributed by atoms with Gasteiger partial charge < -0.3 is 35.5 Å². The number of carboxylic acids is 1. The number of aliphatic hydroxyl groups excluding tert-OH is 2. The van der Waals surface area contributed by atoms with Gasteiger partial charge in [-0.1, -0.05) is 20.3 Å². The number of aliphatic carboxylic acids is 1. The van der Waals surface area contributed by atoms with E-state index in [0.717, 1.165) is 13.8 Å². The Morgan fingerprint density at radius 3 is 1.70 bits per heavy atom. The fraction of sp³-hybridized carbons (Fsp3) is 0.750. The fourth-order valence-corrected chi connectivity index (χ4v) is 3.95. The number of nitrogens with one attached hydrogen (secondary N) is 1. The van der Waals surface area contributed by atoms with Gasteiger partial charge in [-0.15, -0.1) is 0 Å². The molecular formula is C24H41N3O10. The topological polar surface area (TPSA) is 202 Å². The zero-order valence-corrected chi connectivity index (χ0v) is 22.3. The van der Waals surface area contributed by atoms with Gasteiger partial charge in [-0.05, 0) is 47.6 Å². The lowest BCUT2D eigenvalue weighted by Crippen LogP contribution is -2.77. The van der Waals surface area contributed by atoms with Crippen molar-refractivity contribution in [2.24, 2.45) is 5.92 Å². The van der Waals surface area contributed by atoms with E-state index in [1.165, 1.54) is 20.8 Å². The van der Waals surface area contributed by atoms with Crippen molar-refractivity contribution >= 4 is 35.1 Å². The quantitative estimate of drug-likeness (QED) is 0.160. The SMILES string of the molecule is [2H]CN[C@@H](C)C(=O)[C@@](C(=O)[C@](C)(C(=O)[C@@](C)(O)C(=O)O)N(C[2H])C(=O)[C@H](C)O)([C@@H](C)CC)N(C[2H])C(=O)[C@H](C)O. The van der Waals surface area contributed by atoms with E-state index in [1.54, 1.807) is 0 Å². The largest absolute Gasteiger partial charge is 0.479 e. The summed E-state index contributed by atoms with van der Waals surface area (Å²) in [4.78, 5) is 81.6. The maximum atomic E-state index is 14.9. The van der Waals surface area contributed by atoms with Gasteiger partial charge in [-0.25, -0.2) is 4.79 Å². The van der Waals surface area contributed by atoms with E-state index in [2.05, 4.69) is 5.32 Å². The number of carboxylic acid groups (broad SMARTS) is 1. The summed E-state index contributed by atoms with van der Waals surface area (Å²) < 4.78 is 23.5. The third kappa shape index (κ3) is 5.74. The van der Waals surface area contributed by atoms with E-state index in [1.807, 2.05) is 0 Å². The Labute approximate surface area is 221 Å². The molecule has 0 heterocycles. The van der Waals surface area contributed by atoms with Crippen molar-refractivity contribution < 1.29 is 53.3 Å². The summed E-state index contributed by atoms with van der Waals surface area (Å²) in [6.45, 7) is 7.17. The van der Waals surface area contributed by atoms with Gasteiger partial charge in [0.25, 0.3) is 11.8 Å². The Kier molecular flexibility index (Phi) is 9.51. The van der Waals surface area contributed by atoms with Crippen LogP contribution in [0.3, 0.4) is 0 Å². The molecule has 0 fully saturated rings. The second kappa shape index (κ2) is 12.2. The number of Topliss-reactive ketones (excluding diaryl/α,β-unsaturated/α-hetero) is 3. The van der Waals surface area contributed by atoms with Crippen molar-refractivity contribution in [3.8, 4) is 0 Å². The van der Waals surface area contributed by atoms with E-state index < -0.39 is 97.1 Å². The van der Waals surface area contributed by atoms with Crippen LogP contribution >= 0.6 is 0 Å². The highest BCUT2D eigenvalue weighted by molar-refractivity contribution is 6.30. The van der Waals surface area contributed by atoms with Gasteiger partial charge in [0.1, 0.15) is 12.2 Å². The molecule has 7 atom stereocenters. The molecule has 0 aromatic rings. The highest BCUT2D eigenvalue weighted by atomic mass is 16.4. The Bertz CT molecular complexity index is 993. The van der Waals surface area contributed by atoms with Gasteiger partial charge in [0, 0.05) is 18.2 Å². The van der Waals surface area contributed by atoms with E-state index in [9.17, 15) is 49.2 Å². The molecule has 0 aliphatic heterocycles. The monoisotopic (exact) mass is 534 g/mol. The Morgan fingerprint density at radius 1 is 0.892 bits per heavy atom. The lowest BCUT2D eigenvalue weighted by atomic mass is 9.65. The maximum Gasteiger partial charge on any atom is 0.343 e. The molecule has 0 unspecified atom stereocenters. The molecule has 13 heteroatoms. The molecule has 0 aliphatic rings. The van der Waals surface area contributed by atoms with Crippen LogP contribution in [-0.2, 0) is 28.8 Å². The minimum Gasteiger partial charge on any atom is -0.479 e. The van der Waals surface area contributed by atoms with Gasteiger partial charge >= 0.3 is 5.97 Å². The minimum atomic E-state index is -3.38. The lowest BCUT2D eigenvalue weighted by Gasteiger charge is -2.50. The predicted molar refractivity (Wildman–Crippen MR) is 131 cm³/mol. The number of carbonyl (C=O) groups excluding carboxylic acids is 5. The number of hydrogen-bond acceptors (Lipinski definition) is 10.